The Labute approximate surface area is 189 Å². The quantitative estimate of drug-likeness (QED) is 0.482. The number of ketones is 1. The van der Waals surface area contributed by atoms with Gasteiger partial charge in [-0.3, -0.25) is 14.4 Å². The van der Waals surface area contributed by atoms with Crippen molar-refractivity contribution >= 4 is 33.4 Å². The minimum absolute atomic E-state index is 0.0146. The number of carbonyl (C=O) groups is 3. The standard InChI is InChI=1S/C22H22F2N2O6S/c1-14(27)17-4-2-3-5-20(17)25-21(28)13-32-22(29)15-8-10-26(11-9-15)33(30,31)16-6-7-18(23)19(24)12-16/h2-7,12,15H,8-11,13H2,1H3,(H,25,28). The molecule has 0 saturated carbocycles. The molecule has 0 unspecified atom stereocenters. The number of esters is 1. The normalized spacial score (nSPS) is 15.1. The van der Waals surface area contributed by atoms with Gasteiger partial charge in [-0.2, -0.15) is 4.31 Å². The maximum Gasteiger partial charge on any atom is 0.309 e. The smallest absolute Gasteiger partial charge is 0.309 e. The third-order valence-corrected chi connectivity index (χ3v) is 7.14. The van der Waals surface area contributed by atoms with Gasteiger partial charge in [0.15, 0.2) is 24.0 Å². The molecule has 1 fully saturated rings. The van der Waals surface area contributed by atoms with Gasteiger partial charge in [-0.1, -0.05) is 12.1 Å². The third-order valence-electron chi connectivity index (χ3n) is 5.24. The van der Waals surface area contributed by atoms with E-state index in [1.165, 1.54) is 6.92 Å². The van der Waals surface area contributed by atoms with Crippen LogP contribution in [0.5, 0.6) is 0 Å². The summed E-state index contributed by atoms with van der Waals surface area (Å²) in [6.45, 7) is 0.779. The van der Waals surface area contributed by atoms with Crippen LogP contribution in [0.15, 0.2) is 47.4 Å². The van der Waals surface area contributed by atoms with Crippen molar-refractivity contribution in [1.29, 1.82) is 0 Å². The van der Waals surface area contributed by atoms with Crippen LogP contribution in [0.25, 0.3) is 0 Å². The Bertz CT molecular complexity index is 1180. The topological polar surface area (TPSA) is 110 Å². The Morgan fingerprint density at radius 2 is 1.73 bits per heavy atom. The van der Waals surface area contributed by atoms with Gasteiger partial charge in [0.25, 0.3) is 5.91 Å². The number of sulfonamides is 1. The number of anilines is 1. The molecular formula is C22H22F2N2O6S. The second-order valence-electron chi connectivity index (χ2n) is 7.51. The van der Waals surface area contributed by atoms with Gasteiger partial charge < -0.3 is 10.1 Å². The lowest BCUT2D eigenvalue weighted by Gasteiger charge is -2.30. The number of para-hydroxylation sites is 1. The first-order valence-corrected chi connectivity index (χ1v) is 11.5. The summed E-state index contributed by atoms with van der Waals surface area (Å²) in [5, 5.41) is 2.52. The van der Waals surface area contributed by atoms with E-state index in [0.717, 1.165) is 16.4 Å². The van der Waals surface area contributed by atoms with E-state index >= 15 is 0 Å². The first kappa shape index (κ1) is 24.5. The molecule has 2 aromatic rings. The summed E-state index contributed by atoms with van der Waals surface area (Å²) in [6.07, 6.45) is 0.299. The van der Waals surface area contributed by atoms with Crippen LogP contribution in [0.3, 0.4) is 0 Å². The third kappa shape index (κ3) is 5.79. The number of carbonyl (C=O) groups excluding carboxylic acids is 3. The van der Waals surface area contributed by atoms with Crippen molar-refractivity contribution in [2.24, 2.45) is 5.92 Å². The summed E-state index contributed by atoms with van der Waals surface area (Å²) < 4.78 is 57.9. The summed E-state index contributed by atoms with van der Waals surface area (Å²) in [5.41, 5.74) is 0.633. The molecule has 0 aliphatic carbocycles. The molecule has 1 N–H and O–H groups in total. The Morgan fingerprint density at radius 3 is 2.36 bits per heavy atom. The Hall–Kier alpha value is -3.18. The van der Waals surface area contributed by atoms with Crippen molar-refractivity contribution in [3.8, 4) is 0 Å². The van der Waals surface area contributed by atoms with E-state index in [-0.39, 0.29) is 36.6 Å². The fourth-order valence-corrected chi connectivity index (χ4v) is 4.94. The van der Waals surface area contributed by atoms with E-state index in [1.54, 1.807) is 24.3 Å². The van der Waals surface area contributed by atoms with Crippen LogP contribution in [0.2, 0.25) is 0 Å². The lowest BCUT2D eigenvalue weighted by Crippen LogP contribution is -2.41. The van der Waals surface area contributed by atoms with Gasteiger partial charge in [0.1, 0.15) is 0 Å². The molecule has 1 aliphatic rings. The Balaban J connectivity index is 1.52. The van der Waals surface area contributed by atoms with Crippen molar-refractivity contribution in [3.63, 3.8) is 0 Å². The van der Waals surface area contributed by atoms with Gasteiger partial charge in [0, 0.05) is 18.7 Å². The fraction of sp³-hybridized carbons (Fsp3) is 0.318. The largest absolute Gasteiger partial charge is 0.455 e. The molecule has 0 aromatic heterocycles. The predicted octanol–water partition coefficient (Wildman–Crippen LogP) is 2.75. The number of nitrogens with zero attached hydrogens (tertiary/aromatic N) is 1. The number of hydrogen-bond acceptors (Lipinski definition) is 6. The molecular weight excluding hydrogens is 458 g/mol. The van der Waals surface area contributed by atoms with Crippen LogP contribution in [0.4, 0.5) is 14.5 Å². The first-order chi connectivity index (χ1) is 15.6. The molecule has 2 aromatic carbocycles. The zero-order valence-corrected chi connectivity index (χ0v) is 18.5. The number of Topliss-reactive ketones (excluding diaryl/α,β-unsaturated/α-hetero) is 1. The highest BCUT2D eigenvalue weighted by molar-refractivity contribution is 7.89. The fourth-order valence-electron chi connectivity index (χ4n) is 3.46. The number of benzene rings is 2. The predicted molar refractivity (Wildman–Crippen MR) is 114 cm³/mol. The van der Waals surface area contributed by atoms with Gasteiger partial charge in [0.05, 0.1) is 16.5 Å². The Morgan fingerprint density at radius 1 is 1.06 bits per heavy atom. The average molecular weight is 480 g/mol. The maximum absolute atomic E-state index is 13.4. The number of ether oxygens (including phenoxy) is 1. The monoisotopic (exact) mass is 480 g/mol. The molecule has 0 atom stereocenters. The van der Waals surface area contributed by atoms with Crippen LogP contribution in [-0.4, -0.2) is 50.1 Å². The molecule has 0 radical (unpaired) electrons. The summed E-state index contributed by atoms with van der Waals surface area (Å²) in [6, 6.07) is 8.77. The number of amides is 1. The number of hydrogen-bond donors (Lipinski definition) is 1. The van der Waals surface area contributed by atoms with E-state index in [9.17, 15) is 31.6 Å². The van der Waals surface area contributed by atoms with E-state index in [1.807, 2.05) is 0 Å². The molecule has 33 heavy (non-hydrogen) atoms. The van der Waals surface area contributed by atoms with Gasteiger partial charge in [-0.15, -0.1) is 0 Å². The highest BCUT2D eigenvalue weighted by atomic mass is 32.2. The van der Waals surface area contributed by atoms with Gasteiger partial charge in [-0.25, -0.2) is 17.2 Å². The summed E-state index contributed by atoms with van der Waals surface area (Å²) in [4.78, 5) is 35.7. The minimum Gasteiger partial charge on any atom is -0.455 e. The summed E-state index contributed by atoms with van der Waals surface area (Å²) >= 11 is 0. The Kier molecular flexibility index (Phi) is 7.54. The van der Waals surface area contributed by atoms with Gasteiger partial charge >= 0.3 is 5.97 Å². The van der Waals surface area contributed by atoms with E-state index in [2.05, 4.69) is 5.32 Å². The van der Waals surface area contributed by atoms with Crippen LogP contribution in [0, 0.1) is 17.6 Å². The lowest BCUT2D eigenvalue weighted by atomic mass is 9.98. The van der Waals surface area contributed by atoms with Gasteiger partial charge in [-0.05, 0) is 50.1 Å². The molecule has 0 spiro atoms. The van der Waals surface area contributed by atoms with Crippen LogP contribution < -0.4 is 5.32 Å². The van der Waals surface area contributed by atoms with Crippen molar-refractivity contribution in [2.45, 2.75) is 24.7 Å². The van der Waals surface area contributed by atoms with E-state index < -0.39 is 46.1 Å². The van der Waals surface area contributed by atoms with Crippen molar-refractivity contribution in [1.82, 2.24) is 4.31 Å². The number of halogens is 2. The molecule has 1 saturated heterocycles. The van der Waals surface area contributed by atoms with Crippen LogP contribution in [0.1, 0.15) is 30.1 Å². The second-order valence-corrected chi connectivity index (χ2v) is 9.45. The number of nitrogens with one attached hydrogen (secondary N) is 1. The number of piperidine rings is 1. The first-order valence-electron chi connectivity index (χ1n) is 10.1. The molecule has 8 nitrogen and oxygen atoms in total. The molecule has 1 aliphatic heterocycles. The average Bonchev–Trinajstić information content (AvgIpc) is 2.79. The van der Waals surface area contributed by atoms with Gasteiger partial charge in [0.2, 0.25) is 10.0 Å². The molecule has 176 valence electrons. The van der Waals surface area contributed by atoms with Crippen molar-refractivity contribution < 1.29 is 36.3 Å². The van der Waals surface area contributed by atoms with E-state index in [4.69, 9.17) is 4.74 Å². The van der Waals surface area contributed by atoms with Crippen LogP contribution >= 0.6 is 0 Å². The molecule has 0 bridgehead atoms. The van der Waals surface area contributed by atoms with Crippen molar-refractivity contribution in [2.75, 3.05) is 25.0 Å². The molecule has 3 rings (SSSR count). The molecule has 11 heteroatoms. The van der Waals surface area contributed by atoms with Crippen LogP contribution in [-0.2, 0) is 24.3 Å². The highest BCUT2D eigenvalue weighted by Gasteiger charge is 2.33. The zero-order valence-electron chi connectivity index (χ0n) is 17.7. The van der Waals surface area contributed by atoms with Crippen molar-refractivity contribution in [3.05, 3.63) is 59.7 Å². The SMILES string of the molecule is CC(=O)c1ccccc1NC(=O)COC(=O)C1CCN(S(=O)(=O)c2ccc(F)c(F)c2)CC1. The minimum atomic E-state index is -4.04. The maximum atomic E-state index is 13.4. The summed E-state index contributed by atoms with van der Waals surface area (Å²) in [5.74, 6) is -4.51. The lowest BCUT2D eigenvalue weighted by molar-refractivity contribution is -0.152. The molecule has 1 heterocycles. The summed E-state index contributed by atoms with van der Waals surface area (Å²) in [7, 11) is -4.04. The molecule has 1 amide bonds. The number of rotatable bonds is 7. The second kappa shape index (κ2) is 10.2. The zero-order chi connectivity index (χ0) is 24.2. The highest BCUT2D eigenvalue weighted by Crippen LogP contribution is 2.25. The van der Waals surface area contributed by atoms with E-state index in [0.29, 0.717) is 17.3 Å².